The van der Waals surface area contributed by atoms with Gasteiger partial charge in [0, 0.05) is 24.2 Å². The number of aromatic nitrogens is 2. The summed E-state index contributed by atoms with van der Waals surface area (Å²) in [7, 11) is 0. The number of benzene rings is 1. The molecule has 2 aromatic rings. The summed E-state index contributed by atoms with van der Waals surface area (Å²) >= 11 is 1.66. The number of rotatable bonds is 4. The minimum absolute atomic E-state index is 0.484. The minimum atomic E-state index is 0.484. The van der Waals surface area contributed by atoms with E-state index in [1.807, 2.05) is 29.0 Å². The second kappa shape index (κ2) is 6.70. The summed E-state index contributed by atoms with van der Waals surface area (Å²) in [4.78, 5) is 6.36. The van der Waals surface area contributed by atoms with Crippen molar-refractivity contribution in [3.8, 4) is 5.88 Å². The third-order valence-corrected chi connectivity index (χ3v) is 4.43. The largest absolute Gasteiger partial charge is 0.404 e. The standard InChI is InChI=1S/C16H18N4OS/c1-3-20-12(2)14(22-13-8-5-4-6-9-13)15(19-20)21-16-17-10-7-11-18-16/h4-10H,3,11H2,1-2H3,(H,17,18). The predicted molar refractivity (Wildman–Crippen MR) is 88.4 cm³/mol. The number of aryl methyl sites for hydroxylation is 1. The van der Waals surface area contributed by atoms with E-state index in [0.717, 1.165) is 22.0 Å². The normalized spacial score (nSPS) is 13.6. The predicted octanol–water partition coefficient (Wildman–Crippen LogP) is 3.21. The molecule has 6 heteroatoms. The maximum absolute atomic E-state index is 5.86. The van der Waals surface area contributed by atoms with Crippen LogP contribution in [0.4, 0.5) is 0 Å². The molecular formula is C16H18N4OS. The number of hydrogen-bond acceptors (Lipinski definition) is 5. The van der Waals surface area contributed by atoms with Crippen LogP contribution < -0.4 is 10.1 Å². The van der Waals surface area contributed by atoms with E-state index in [-0.39, 0.29) is 0 Å². The van der Waals surface area contributed by atoms with Gasteiger partial charge in [-0.2, -0.15) is 0 Å². The molecule has 0 saturated carbocycles. The molecule has 0 atom stereocenters. The molecule has 1 aliphatic rings. The van der Waals surface area contributed by atoms with Gasteiger partial charge in [-0.3, -0.25) is 4.68 Å². The van der Waals surface area contributed by atoms with E-state index in [0.29, 0.717) is 18.4 Å². The Kier molecular flexibility index (Phi) is 4.48. The fourth-order valence-corrected chi connectivity index (χ4v) is 3.07. The molecule has 3 rings (SSSR count). The fraction of sp³-hybridized carbons (Fsp3) is 0.250. The number of nitrogens with zero attached hydrogens (tertiary/aromatic N) is 3. The minimum Gasteiger partial charge on any atom is -0.404 e. The van der Waals surface area contributed by atoms with Crippen LogP contribution in [0.1, 0.15) is 12.6 Å². The smallest absolute Gasteiger partial charge is 0.296 e. The first-order valence-corrected chi connectivity index (χ1v) is 8.04. The van der Waals surface area contributed by atoms with E-state index in [1.165, 1.54) is 0 Å². The van der Waals surface area contributed by atoms with Crippen molar-refractivity contribution >= 4 is 17.8 Å². The van der Waals surface area contributed by atoms with E-state index in [2.05, 4.69) is 41.4 Å². The molecule has 2 heterocycles. The van der Waals surface area contributed by atoms with Gasteiger partial charge in [-0.25, -0.2) is 4.99 Å². The van der Waals surface area contributed by atoms with Crippen LogP contribution in [0.3, 0.4) is 0 Å². The maximum Gasteiger partial charge on any atom is 0.296 e. The first-order chi connectivity index (χ1) is 10.8. The molecule has 0 radical (unpaired) electrons. The third-order valence-electron chi connectivity index (χ3n) is 3.25. The molecule has 1 aliphatic heterocycles. The average Bonchev–Trinajstić information content (AvgIpc) is 2.85. The summed E-state index contributed by atoms with van der Waals surface area (Å²) < 4.78 is 7.80. The Bertz CT molecular complexity index is 706. The molecule has 1 aromatic carbocycles. The Balaban J connectivity index is 1.91. The maximum atomic E-state index is 5.86. The SMILES string of the molecule is CCn1nc(OC2=NC=CCN2)c(Sc2ccccc2)c1C. The molecule has 0 unspecified atom stereocenters. The van der Waals surface area contributed by atoms with Gasteiger partial charge in [0.2, 0.25) is 0 Å². The molecule has 1 N–H and O–H groups in total. The van der Waals surface area contributed by atoms with Crippen LogP contribution in [0.5, 0.6) is 5.88 Å². The molecule has 1 aromatic heterocycles. The molecule has 0 saturated heterocycles. The van der Waals surface area contributed by atoms with E-state index in [9.17, 15) is 0 Å². The van der Waals surface area contributed by atoms with E-state index in [4.69, 9.17) is 4.74 Å². The molecule has 0 fully saturated rings. The first-order valence-electron chi connectivity index (χ1n) is 7.22. The van der Waals surface area contributed by atoms with Crippen molar-refractivity contribution in [1.29, 1.82) is 0 Å². The quantitative estimate of drug-likeness (QED) is 0.941. The van der Waals surface area contributed by atoms with Crippen molar-refractivity contribution in [2.75, 3.05) is 6.54 Å². The van der Waals surface area contributed by atoms with Crippen LogP contribution in [0.15, 0.2) is 57.4 Å². The van der Waals surface area contributed by atoms with Gasteiger partial charge in [0.15, 0.2) is 0 Å². The summed E-state index contributed by atoms with van der Waals surface area (Å²) in [6, 6.07) is 10.7. The van der Waals surface area contributed by atoms with Gasteiger partial charge in [0.25, 0.3) is 11.9 Å². The highest BCUT2D eigenvalue weighted by atomic mass is 32.2. The lowest BCUT2D eigenvalue weighted by molar-refractivity contribution is 0.474. The lowest BCUT2D eigenvalue weighted by Crippen LogP contribution is -2.30. The zero-order valence-corrected chi connectivity index (χ0v) is 13.4. The highest BCUT2D eigenvalue weighted by molar-refractivity contribution is 7.99. The van der Waals surface area contributed by atoms with Crippen LogP contribution in [0.2, 0.25) is 0 Å². The van der Waals surface area contributed by atoms with Gasteiger partial charge in [-0.1, -0.05) is 30.0 Å². The first kappa shape index (κ1) is 14.7. The summed E-state index contributed by atoms with van der Waals surface area (Å²) in [5, 5.41) is 7.64. The monoisotopic (exact) mass is 314 g/mol. The Morgan fingerprint density at radius 3 is 2.82 bits per heavy atom. The van der Waals surface area contributed by atoms with Crippen molar-refractivity contribution in [3.63, 3.8) is 0 Å². The Morgan fingerprint density at radius 1 is 1.32 bits per heavy atom. The lowest BCUT2D eigenvalue weighted by atomic mass is 10.4. The summed E-state index contributed by atoms with van der Waals surface area (Å²) in [5.41, 5.74) is 1.10. The van der Waals surface area contributed by atoms with Crippen molar-refractivity contribution < 1.29 is 4.74 Å². The van der Waals surface area contributed by atoms with Gasteiger partial charge >= 0.3 is 0 Å². The topological polar surface area (TPSA) is 51.4 Å². The van der Waals surface area contributed by atoms with Gasteiger partial charge < -0.3 is 10.1 Å². The number of aliphatic imine (C=N–C) groups is 1. The van der Waals surface area contributed by atoms with Gasteiger partial charge in [0.1, 0.15) is 0 Å². The molecule has 0 bridgehead atoms. The van der Waals surface area contributed by atoms with E-state index in [1.54, 1.807) is 18.0 Å². The molecule has 0 aliphatic carbocycles. The van der Waals surface area contributed by atoms with Crippen molar-refractivity contribution in [3.05, 3.63) is 48.3 Å². The van der Waals surface area contributed by atoms with E-state index >= 15 is 0 Å². The van der Waals surface area contributed by atoms with Crippen molar-refractivity contribution in [2.45, 2.75) is 30.2 Å². The van der Waals surface area contributed by atoms with Gasteiger partial charge in [0.05, 0.1) is 10.6 Å². The van der Waals surface area contributed by atoms with Crippen LogP contribution in [0, 0.1) is 6.92 Å². The van der Waals surface area contributed by atoms with Gasteiger partial charge in [-0.05, 0) is 32.1 Å². The second-order valence-electron chi connectivity index (χ2n) is 4.75. The summed E-state index contributed by atoms with van der Waals surface area (Å²) in [6.07, 6.45) is 3.67. The highest BCUT2D eigenvalue weighted by Gasteiger charge is 2.19. The second-order valence-corrected chi connectivity index (χ2v) is 5.84. The van der Waals surface area contributed by atoms with Crippen LogP contribution >= 0.6 is 11.8 Å². The molecule has 0 spiro atoms. The number of nitrogens with one attached hydrogen (secondary N) is 1. The molecular weight excluding hydrogens is 296 g/mol. The highest BCUT2D eigenvalue weighted by Crippen LogP contribution is 2.37. The average molecular weight is 314 g/mol. The third kappa shape index (κ3) is 3.17. The molecule has 22 heavy (non-hydrogen) atoms. The molecule has 0 amide bonds. The Morgan fingerprint density at radius 2 is 2.14 bits per heavy atom. The van der Waals surface area contributed by atoms with Crippen LogP contribution in [-0.2, 0) is 6.54 Å². The van der Waals surface area contributed by atoms with Crippen LogP contribution in [0.25, 0.3) is 0 Å². The lowest BCUT2D eigenvalue weighted by Gasteiger charge is -2.10. The van der Waals surface area contributed by atoms with Crippen LogP contribution in [-0.4, -0.2) is 22.3 Å². The number of amidine groups is 1. The van der Waals surface area contributed by atoms with E-state index < -0.39 is 0 Å². The number of hydrogen-bond donors (Lipinski definition) is 1. The molecule has 114 valence electrons. The zero-order valence-electron chi connectivity index (χ0n) is 12.6. The fourth-order valence-electron chi connectivity index (χ4n) is 2.12. The summed E-state index contributed by atoms with van der Waals surface area (Å²) in [6.45, 7) is 5.65. The Labute approximate surface area is 134 Å². The number of ether oxygens (including phenoxy) is 1. The van der Waals surface area contributed by atoms with Crippen molar-refractivity contribution in [2.24, 2.45) is 4.99 Å². The zero-order chi connectivity index (χ0) is 15.4. The summed E-state index contributed by atoms with van der Waals surface area (Å²) in [5.74, 6) is 0.592. The van der Waals surface area contributed by atoms with Crippen molar-refractivity contribution in [1.82, 2.24) is 15.1 Å². The Hall–Kier alpha value is -2.21. The van der Waals surface area contributed by atoms with Gasteiger partial charge in [-0.15, -0.1) is 5.10 Å². The molecule has 5 nitrogen and oxygen atoms in total.